The molecule has 3 saturated carbocycles. The molecule has 7 rings (SSSR count). The zero-order valence-corrected chi connectivity index (χ0v) is 30.2. The number of nitrogens with one attached hydrogen (secondary N) is 3. The van der Waals surface area contributed by atoms with Gasteiger partial charge in [-0.2, -0.15) is 18.2 Å². The number of alkyl halides is 3. The van der Waals surface area contributed by atoms with Crippen LogP contribution in [-0.2, 0) is 27.0 Å². The maximum atomic E-state index is 14.0. The second-order valence-corrected chi connectivity index (χ2v) is 14.8. The molecule has 0 aliphatic heterocycles. The molecule has 1 amide bonds. The maximum absolute atomic E-state index is 14.0. The molecule has 15 heteroatoms. The highest BCUT2D eigenvalue weighted by molar-refractivity contribution is 6.03. The van der Waals surface area contributed by atoms with Crippen LogP contribution in [0.3, 0.4) is 0 Å². The van der Waals surface area contributed by atoms with Gasteiger partial charge in [0.05, 0.1) is 24.6 Å². The number of aromatic amines is 1. The summed E-state index contributed by atoms with van der Waals surface area (Å²) in [5, 5.41) is 6.03. The average molecular weight is 735 g/mol. The fourth-order valence-electron chi connectivity index (χ4n) is 7.41. The fraction of sp³-hybridized carbons (Fsp3) is 0.526. The lowest BCUT2D eigenvalue weighted by Gasteiger charge is -2.40. The summed E-state index contributed by atoms with van der Waals surface area (Å²) in [4.78, 5) is 48.5. The van der Waals surface area contributed by atoms with Crippen molar-refractivity contribution >= 4 is 34.7 Å². The number of esters is 1. The van der Waals surface area contributed by atoms with E-state index in [2.05, 4.69) is 35.5 Å². The number of imidazole rings is 1. The number of pyridine rings is 3. The van der Waals surface area contributed by atoms with Crippen molar-refractivity contribution in [2.24, 2.45) is 5.41 Å². The van der Waals surface area contributed by atoms with E-state index in [1.807, 2.05) is 7.05 Å². The first-order valence-corrected chi connectivity index (χ1v) is 18.3. The van der Waals surface area contributed by atoms with Crippen molar-refractivity contribution in [3.05, 3.63) is 59.2 Å². The SMILES string of the molecule is CCOC(=O)C1(NCc2ccc(C(=O)Nc3nc4nc(-c5cc(C6CC6)nc(C(F)(F)F)c5)cc(N(C)CC5(COC)CCCCC5)c4[nH]3)nc2)CC1. The van der Waals surface area contributed by atoms with E-state index >= 15 is 0 Å². The van der Waals surface area contributed by atoms with Crippen molar-refractivity contribution in [3.63, 3.8) is 0 Å². The number of aromatic nitrogens is 5. The molecule has 0 unspecified atom stereocenters. The predicted octanol–water partition coefficient (Wildman–Crippen LogP) is 6.78. The molecule has 0 spiro atoms. The van der Waals surface area contributed by atoms with Gasteiger partial charge in [-0.1, -0.05) is 25.3 Å². The van der Waals surface area contributed by atoms with Crippen molar-refractivity contribution in [2.75, 3.05) is 44.1 Å². The van der Waals surface area contributed by atoms with Crippen LogP contribution >= 0.6 is 0 Å². The van der Waals surface area contributed by atoms with Crippen LogP contribution in [-0.4, -0.2) is 76.3 Å². The largest absolute Gasteiger partial charge is 0.465 e. The Labute approximate surface area is 305 Å². The van der Waals surface area contributed by atoms with Crippen molar-refractivity contribution in [2.45, 2.75) is 88.9 Å². The van der Waals surface area contributed by atoms with Crippen molar-refractivity contribution in [1.29, 1.82) is 0 Å². The summed E-state index contributed by atoms with van der Waals surface area (Å²) in [7, 11) is 3.65. The van der Waals surface area contributed by atoms with Gasteiger partial charge in [0.2, 0.25) is 5.95 Å². The summed E-state index contributed by atoms with van der Waals surface area (Å²) >= 11 is 0. The Morgan fingerprint density at radius 3 is 2.45 bits per heavy atom. The number of halogens is 3. The van der Waals surface area contributed by atoms with Crippen LogP contribution in [0.4, 0.5) is 24.8 Å². The van der Waals surface area contributed by atoms with Crippen molar-refractivity contribution in [1.82, 2.24) is 30.2 Å². The van der Waals surface area contributed by atoms with E-state index in [1.54, 1.807) is 44.5 Å². The second-order valence-electron chi connectivity index (χ2n) is 14.8. The molecular weight excluding hydrogens is 689 g/mol. The second kappa shape index (κ2) is 14.7. The Hall–Kier alpha value is -4.63. The Morgan fingerprint density at radius 1 is 1.04 bits per heavy atom. The van der Waals surface area contributed by atoms with E-state index in [-0.39, 0.29) is 34.6 Å². The lowest BCUT2D eigenvalue weighted by atomic mass is 9.74. The van der Waals surface area contributed by atoms with Crippen molar-refractivity contribution < 1.29 is 32.2 Å². The van der Waals surface area contributed by atoms with Gasteiger partial charge < -0.3 is 19.4 Å². The van der Waals surface area contributed by atoms with Gasteiger partial charge in [0.1, 0.15) is 22.4 Å². The minimum atomic E-state index is -4.62. The van der Waals surface area contributed by atoms with Gasteiger partial charge in [-0.05, 0) is 75.3 Å². The number of rotatable bonds is 14. The van der Waals surface area contributed by atoms with Crippen LogP contribution < -0.4 is 15.5 Å². The predicted molar refractivity (Wildman–Crippen MR) is 192 cm³/mol. The summed E-state index contributed by atoms with van der Waals surface area (Å²) in [6, 6.07) is 7.87. The standard InChI is InChI=1S/C38H45F3N8O4/c1-4-53-34(51)37(14-15-37)43-20-23-8-11-26(42-19-23)33(50)48-35-46-31-29(49(2)21-36(22-52-3)12-6-5-7-13-36)18-28(45-32(31)47-35)25-16-27(24-9-10-24)44-30(17-25)38(39,40)41/h8,11,16-19,24,43H,4-7,9-10,12-15,20-22H2,1-3H3,(H2,45,46,47,48,50). The van der Waals surface area contributed by atoms with Gasteiger partial charge in [0.15, 0.2) is 5.65 Å². The Morgan fingerprint density at radius 2 is 1.81 bits per heavy atom. The zero-order valence-electron chi connectivity index (χ0n) is 30.2. The first kappa shape index (κ1) is 36.7. The third kappa shape index (κ3) is 8.15. The van der Waals surface area contributed by atoms with Crippen LogP contribution in [0.2, 0.25) is 0 Å². The maximum Gasteiger partial charge on any atom is 0.433 e. The molecule has 4 aromatic heterocycles. The summed E-state index contributed by atoms with van der Waals surface area (Å²) in [6.45, 7) is 3.71. The molecule has 0 radical (unpaired) electrons. The minimum Gasteiger partial charge on any atom is -0.465 e. The van der Waals surface area contributed by atoms with E-state index in [0.29, 0.717) is 67.3 Å². The van der Waals surface area contributed by atoms with E-state index in [0.717, 1.165) is 50.2 Å². The van der Waals surface area contributed by atoms with Crippen LogP contribution in [0.5, 0.6) is 0 Å². The first-order valence-electron chi connectivity index (χ1n) is 18.3. The monoisotopic (exact) mass is 734 g/mol. The Balaban J connectivity index is 1.17. The highest BCUT2D eigenvalue weighted by Crippen LogP contribution is 2.43. The molecule has 4 heterocycles. The quantitative estimate of drug-likeness (QED) is 0.119. The molecule has 0 aromatic carbocycles. The number of methoxy groups -OCH3 is 1. The van der Waals surface area contributed by atoms with Crippen LogP contribution in [0.15, 0.2) is 36.5 Å². The van der Waals surface area contributed by atoms with Gasteiger partial charge in [-0.3, -0.25) is 25.2 Å². The van der Waals surface area contributed by atoms with Gasteiger partial charge in [0, 0.05) is 56.0 Å². The number of ether oxygens (including phenoxy) is 2. The third-order valence-corrected chi connectivity index (χ3v) is 10.6. The summed E-state index contributed by atoms with van der Waals surface area (Å²) in [6.07, 6.45) is 5.30. The molecular formula is C38H45F3N8O4. The van der Waals surface area contributed by atoms with Gasteiger partial charge >= 0.3 is 12.1 Å². The molecule has 0 bridgehead atoms. The average Bonchev–Trinajstić information content (AvgIpc) is 4.08. The van der Waals surface area contributed by atoms with E-state index in [1.165, 1.54) is 6.42 Å². The molecule has 12 nitrogen and oxygen atoms in total. The van der Waals surface area contributed by atoms with E-state index in [9.17, 15) is 22.8 Å². The number of fused-ring (bicyclic) bond motifs is 1. The molecule has 282 valence electrons. The van der Waals surface area contributed by atoms with E-state index < -0.39 is 23.3 Å². The highest BCUT2D eigenvalue weighted by atomic mass is 19.4. The molecule has 4 aromatic rings. The number of carbonyl (C=O) groups excluding carboxylic acids is 2. The zero-order chi connectivity index (χ0) is 37.4. The van der Waals surface area contributed by atoms with Gasteiger partial charge in [-0.25, -0.2) is 9.97 Å². The number of H-pyrrole nitrogens is 1. The van der Waals surface area contributed by atoms with Crippen molar-refractivity contribution in [3.8, 4) is 11.3 Å². The number of hydrogen-bond donors (Lipinski definition) is 3. The number of anilines is 2. The fourth-order valence-corrected chi connectivity index (χ4v) is 7.41. The number of amides is 1. The smallest absolute Gasteiger partial charge is 0.433 e. The third-order valence-electron chi connectivity index (χ3n) is 10.6. The first-order chi connectivity index (χ1) is 25.4. The Kier molecular flexibility index (Phi) is 10.2. The van der Waals surface area contributed by atoms with Crippen LogP contribution in [0.1, 0.15) is 98.1 Å². The lowest BCUT2D eigenvalue weighted by Crippen LogP contribution is -2.40. The molecule has 3 fully saturated rings. The molecule has 3 aliphatic carbocycles. The lowest BCUT2D eigenvalue weighted by molar-refractivity contribution is -0.147. The number of hydrogen-bond acceptors (Lipinski definition) is 10. The highest BCUT2D eigenvalue weighted by Gasteiger charge is 2.51. The molecule has 3 N–H and O–H groups in total. The van der Waals surface area contributed by atoms with Gasteiger partial charge in [0.25, 0.3) is 5.91 Å². The number of carbonyl (C=O) groups is 2. The summed E-state index contributed by atoms with van der Waals surface area (Å²) in [5.74, 6) is -0.657. The van der Waals surface area contributed by atoms with Crippen LogP contribution in [0, 0.1) is 5.41 Å². The molecule has 0 atom stereocenters. The Bertz CT molecular complexity index is 1960. The minimum absolute atomic E-state index is 0.00676. The molecule has 3 aliphatic rings. The normalized spacial score (nSPS) is 17.8. The molecule has 0 saturated heterocycles. The molecule has 53 heavy (non-hydrogen) atoms. The summed E-state index contributed by atoms with van der Waals surface area (Å²) in [5.41, 5.74) is 1.73. The summed E-state index contributed by atoms with van der Waals surface area (Å²) < 4.78 is 53.0. The van der Waals surface area contributed by atoms with Gasteiger partial charge in [-0.15, -0.1) is 0 Å². The van der Waals surface area contributed by atoms with Crippen LogP contribution in [0.25, 0.3) is 22.4 Å². The number of nitrogens with zero attached hydrogens (tertiary/aromatic N) is 5. The van der Waals surface area contributed by atoms with E-state index in [4.69, 9.17) is 14.5 Å². The topological polar surface area (TPSA) is 147 Å².